The van der Waals surface area contributed by atoms with E-state index in [0.717, 1.165) is 12.1 Å². The van der Waals surface area contributed by atoms with E-state index in [9.17, 15) is 0 Å². The van der Waals surface area contributed by atoms with Crippen LogP contribution in [-0.2, 0) is 11.3 Å². The van der Waals surface area contributed by atoms with E-state index in [1.165, 1.54) is 16.3 Å². The van der Waals surface area contributed by atoms with Gasteiger partial charge in [0.05, 0.1) is 6.61 Å². The Hall–Kier alpha value is -1.45. The highest BCUT2D eigenvalue weighted by atomic mass is 16.6. The van der Waals surface area contributed by atoms with Crippen LogP contribution < -0.4 is 5.90 Å². The molecule has 0 bridgehead atoms. The average Bonchev–Trinajstić information content (AvgIpc) is 2.26. The van der Waals surface area contributed by atoms with Crippen molar-refractivity contribution in [2.75, 3.05) is 6.61 Å². The molecule has 0 saturated carbocycles. The molecule has 78 valence electrons. The van der Waals surface area contributed by atoms with E-state index in [2.05, 4.69) is 28.0 Å². The fourth-order valence-electron chi connectivity index (χ4n) is 1.71. The molecule has 15 heavy (non-hydrogen) atoms. The highest BCUT2D eigenvalue weighted by Gasteiger charge is 1.99. The molecule has 1 aromatic carbocycles. The number of benzene rings is 1. The lowest BCUT2D eigenvalue weighted by Gasteiger charge is -2.04. The number of hydrogen-bond donors (Lipinski definition) is 1. The van der Waals surface area contributed by atoms with E-state index in [-0.39, 0.29) is 0 Å². The maximum absolute atomic E-state index is 5.00. The lowest BCUT2D eigenvalue weighted by Crippen LogP contribution is -2.03. The minimum absolute atomic E-state index is 0.551. The van der Waals surface area contributed by atoms with Crippen LogP contribution in [0.25, 0.3) is 10.8 Å². The normalized spacial score (nSPS) is 10.8. The number of pyridine rings is 1. The Morgan fingerprint density at radius 3 is 3.00 bits per heavy atom. The van der Waals surface area contributed by atoms with Crippen molar-refractivity contribution in [1.29, 1.82) is 0 Å². The summed E-state index contributed by atoms with van der Waals surface area (Å²) in [5.41, 5.74) is 2.30. The van der Waals surface area contributed by atoms with Gasteiger partial charge in [0.2, 0.25) is 0 Å². The molecule has 0 saturated heterocycles. The SMILES string of the molecule is Cc1nccc2cc(CCON)ccc12. The Morgan fingerprint density at radius 2 is 2.20 bits per heavy atom. The molecule has 0 unspecified atom stereocenters. The van der Waals surface area contributed by atoms with E-state index in [1.54, 1.807) is 0 Å². The van der Waals surface area contributed by atoms with E-state index in [0.29, 0.717) is 6.61 Å². The Kier molecular flexibility index (Phi) is 2.94. The maximum atomic E-state index is 5.00. The van der Waals surface area contributed by atoms with Crippen LogP contribution in [-0.4, -0.2) is 11.6 Å². The van der Waals surface area contributed by atoms with Crippen LogP contribution in [0, 0.1) is 6.92 Å². The Bertz CT molecular complexity index is 468. The first-order valence-electron chi connectivity index (χ1n) is 4.97. The lowest BCUT2D eigenvalue weighted by atomic mass is 10.1. The van der Waals surface area contributed by atoms with Crippen LogP contribution in [0.5, 0.6) is 0 Å². The number of hydrogen-bond acceptors (Lipinski definition) is 3. The summed E-state index contributed by atoms with van der Waals surface area (Å²) in [6.07, 6.45) is 2.68. The van der Waals surface area contributed by atoms with Crippen LogP contribution >= 0.6 is 0 Å². The average molecular weight is 202 g/mol. The van der Waals surface area contributed by atoms with Gasteiger partial charge >= 0.3 is 0 Å². The summed E-state index contributed by atoms with van der Waals surface area (Å²) in [6.45, 7) is 2.57. The van der Waals surface area contributed by atoms with Crippen molar-refractivity contribution in [1.82, 2.24) is 4.98 Å². The topological polar surface area (TPSA) is 48.1 Å². The van der Waals surface area contributed by atoms with Crippen molar-refractivity contribution in [2.24, 2.45) is 5.90 Å². The molecule has 0 aliphatic carbocycles. The molecule has 0 radical (unpaired) electrons. The second-order valence-corrected chi connectivity index (χ2v) is 3.57. The van der Waals surface area contributed by atoms with Gasteiger partial charge in [0.25, 0.3) is 0 Å². The number of nitrogens with zero attached hydrogens (tertiary/aromatic N) is 1. The molecule has 2 rings (SSSR count). The van der Waals surface area contributed by atoms with Gasteiger partial charge in [0.15, 0.2) is 0 Å². The van der Waals surface area contributed by atoms with Gasteiger partial charge < -0.3 is 4.84 Å². The van der Waals surface area contributed by atoms with Crippen molar-refractivity contribution in [3.05, 3.63) is 41.7 Å². The summed E-state index contributed by atoms with van der Waals surface area (Å²) in [5, 5.41) is 2.42. The van der Waals surface area contributed by atoms with Gasteiger partial charge in [-0.15, -0.1) is 0 Å². The number of aryl methyl sites for hydroxylation is 1. The largest absolute Gasteiger partial charge is 0.304 e. The van der Waals surface area contributed by atoms with Crippen LogP contribution in [0.15, 0.2) is 30.5 Å². The molecular weight excluding hydrogens is 188 g/mol. The second-order valence-electron chi connectivity index (χ2n) is 3.57. The van der Waals surface area contributed by atoms with Crippen molar-refractivity contribution in [2.45, 2.75) is 13.3 Å². The van der Waals surface area contributed by atoms with Crippen molar-refractivity contribution in [3.63, 3.8) is 0 Å². The predicted octanol–water partition coefficient (Wildman–Crippen LogP) is 1.98. The molecule has 3 nitrogen and oxygen atoms in total. The standard InChI is InChI=1S/C12H14N2O/c1-9-12-3-2-10(5-7-15-13)8-11(12)4-6-14-9/h2-4,6,8H,5,7,13H2,1H3. The summed E-state index contributed by atoms with van der Waals surface area (Å²) in [7, 11) is 0. The van der Waals surface area contributed by atoms with Crippen LogP contribution in [0.1, 0.15) is 11.3 Å². The number of fused-ring (bicyclic) bond motifs is 1. The number of rotatable bonds is 3. The fraction of sp³-hybridized carbons (Fsp3) is 0.250. The zero-order valence-electron chi connectivity index (χ0n) is 8.73. The predicted molar refractivity (Wildman–Crippen MR) is 60.3 cm³/mol. The van der Waals surface area contributed by atoms with Gasteiger partial charge in [-0.05, 0) is 30.4 Å². The molecule has 0 aliphatic heterocycles. The molecular formula is C12H14N2O. The molecule has 1 aromatic heterocycles. The second kappa shape index (κ2) is 4.38. The summed E-state index contributed by atoms with van der Waals surface area (Å²) in [5.74, 6) is 5.00. The minimum Gasteiger partial charge on any atom is -0.304 e. The van der Waals surface area contributed by atoms with Gasteiger partial charge in [-0.25, -0.2) is 5.90 Å². The third-order valence-electron chi connectivity index (χ3n) is 2.54. The van der Waals surface area contributed by atoms with Gasteiger partial charge in [-0.3, -0.25) is 4.98 Å². The van der Waals surface area contributed by atoms with Gasteiger partial charge in [-0.2, -0.15) is 0 Å². The summed E-state index contributed by atoms with van der Waals surface area (Å²) in [6, 6.07) is 8.37. The maximum Gasteiger partial charge on any atom is 0.0719 e. The zero-order chi connectivity index (χ0) is 10.7. The molecule has 0 aliphatic rings. The molecule has 0 atom stereocenters. The van der Waals surface area contributed by atoms with Crippen LogP contribution in [0.2, 0.25) is 0 Å². The van der Waals surface area contributed by atoms with E-state index in [1.807, 2.05) is 19.2 Å². The third-order valence-corrected chi connectivity index (χ3v) is 2.54. The van der Waals surface area contributed by atoms with E-state index in [4.69, 9.17) is 5.90 Å². The quantitative estimate of drug-likeness (QED) is 0.774. The van der Waals surface area contributed by atoms with E-state index < -0.39 is 0 Å². The molecule has 0 spiro atoms. The molecule has 2 N–H and O–H groups in total. The van der Waals surface area contributed by atoms with Crippen molar-refractivity contribution >= 4 is 10.8 Å². The molecule has 2 aromatic rings. The minimum atomic E-state index is 0.551. The molecule has 3 heteroatoms. The van der Waals surface area contributed by atoms with Crippen LogP contribution in [0.3, 0.4) is 0 Å². The highest BCUT2D eigenvalue weighted by molar-refractivity contribution is 5.84. The lowest BCUT2D eigenvalue weighted by molar-refractivity contribution is 0.141. The monoisotopic (exact) mass is 202 g/mol. The molecule has 0 amide bonds. The van der Waals surface area contributed by atoms with Gasteiger partial charge in [-0.1, -0.05) is 18.2 Å². The Balaban J connectivity index is 2.39. The third kappa shape index (κ3) is 2.14. The first-order valence-corrected chi connectivity index (χ1v) is 4.97. The molecule has 0 fully saturated rings. The summed E-state index contributed by atoms with van der Waals surface area (Å²) < 4.78 is 0. The first-order chi connectivity index (χ1) is 7.31. The van der Waals surface area contributed by atoms with E-state index >= 15 is 0 Å². The summed E-state index contributed by atoms with van der Waals surface area (Å²) >= 11 is 0. The Labute approximate surface area is 88.8 Å². The van der Waals surface area contributed by atoms with Crippen molar-refractivity contribution in [3.8, 4) is 0 Å². The van der Waals surface area contributed by atoms with Crippen molar-refractivity contribution < 1.29 is 4.84 Å². The Morgan fingerprint density at radius 1 is 1.33 bits per heavy atom. The molecule has 1 heterocycles. The van der Waals surface area contributed by atoms with Crippen LogP contribution in [0.4, 0.5) is 0 Å². The van der Waals surface area contributed by atoms with Gasteiger partial charge in [0.1, 0.15) is 0 Å². The summed E-state index contributed by atoms with van der Waals surface area (Å²) in [4.78, 5) is 8.82. The number of nitrogens with two attached hydrogens (primary N) is 1. The van der Waals surface area contributed by atoms with Gasteiger partial charge in [0, 0.05) is 17.3 Å². The number of aromatic nitrogens is 1. The zero-order valence-corrected chi connectivity index (χ0v) is 8.73. The first kappa shape index (κ1) is 10.1. The fourth-order valence-corrected chi connectivity index (χ4v) is 1.71. The highest BCUT2D eigenvalue weighted by Crippen LogP contribution is 2.18. The smallest absolute Gasteiger partial charge is 0.0719 e.